The first kappa shape index (κ1) is 13.0. The lowest BCUT2D eigenvalue weighted by Gasteiger charge is -2.19. The minimum Gasteiger partial charge on any atom is -0.480 e. The summed E-state index contributed by atoms with van der Waals surface area (Å²) in [5, 5.41) is 20.6. The SMILES string of the molecule is CC(C)C(Nc1cccc(C(=O)O)c1)C(=O)O. The quantitative estimate of drug-likeness (QED) is 0.728. The first-order chi connectivity index (χ1) is 7.91. The fourth-order valence-corrected chi connectivity index (χ4v) is 1.44. The standard InChI is InChI=1S/C12H15NO4/c1-7(2)10(12(16)17)13-9-5-3-4-8(6-9)11(14)15/h3-7,10,13H,1-2H3,(H,14,15)(H,16,17). The maximum Gasteiger partial charge on any atom is 0.335 e. The third-order valence-corrected chi connectivity index (χ3v) is 2.36. The van der Waals surface area contributed by atoms with E-state index in [0.717, 1.165) is 0 Å². The molecule has 0 spiro atoms. The highest BCUT2D eigenvalue weighted by Gasteiger charge is 2.21. The number of hydrogen-bond donors (Lipinski definition) is 3. The smallest absolute Gasteiger partial charge is 0.335 e. The zero-order valence-corrected chi connectivity index (χ0v) is 9.68. The Morgan fingerprint density at radius 1 is 1.24 bits per heavy atom. The van der Waals surface area contributed by atoms with Gasteiger partial charge in [-0.25, -0.2) is 9.59 Å². The Kier molecular flexibility index (Phi) is 4.09. The fourth-order valence-electron chi connectivity index (χ4n) is 1.44. The molecule has 0 heterocycles. The van der Waals surface area contributed by atoms with Gasteiger partial charge in [0.1, 0.15) is 6.04 Å². The molecule has 17 heavy (non-hydrogen) atoms. The number of carboxylic acid groups (broad SMARTS) is 2. The molecule has 0 amide bonds. The van der Waals surface area contributed by atoms with Crippen molar-refractivity contribution in [1.82, 2.24) is 0 Å². The number of anilines is 1. The third-order valence-electron chi connectivity index (χ3n) is 2.36. The van der Waals surface area contributed by atoms with Crippen LogP contribution in [0, 0.1) is 5.92 Å². The second-order valence-electron chi connectivity index (χ2n) is 4.09. The fraction of sp³-hybridized carbons (Fsp3) is 0.333. The molecule has 1 unspecified atom stereocenters. The lowest BCUT2D eigenvalue weighted by atomic mass is 10.0. The molecule has 5 heteroatoms. The predicted molar refractivity (Wildman–Crippen MR) is 63.3 cm³/mol. The van der Waals surface area contributed by atoms with Gasteiger partial charge in [-0.2, -0.15) is 0 Å². The van der Waals surface area contributed by atoms with Crippen molar-refractivity contribution in [2.45, 2.75) is 19.9 Å². The molecule has 1 aromatic carbocycles. The van der Waals surface area contributed by atoms with Crippen molar-refractivity contribution in [1.29, 1.82) is 0 Å². The summed E-state index contributed by atoms with van der Waals surface area (Å²) in [7, 11) is 0. The molecule has 0 aliphatic carbocycles. The summed E-state index contributed by atoms with van der Waals surface area (Å²) in [5.41, 5.74) is 0.619. The summed E-state index contributed by atoms with van der Waals surface area (Å²) in [4.78, 5) is 21.7. The molecule has 1 aromatic rings. The van der Waals surface area contributed by atoms with Gasteiger partial charge in [0, 0.05) is 5.69 Å². The maximum absolute atomic E-state index is 11.0. The first-order valence-corrected chi connectivity index (χ1v) is 5.24. The molecule has 0 saturated heterocycles. The van der Waals surface area contributed by atoms with E-state index in [-0.39, 0.29) is 11.5 Å². The van der Waals surface area contributed by atoms with Crippen molar-refractivity contribution >= 4 is 17.6 Å². The summed E-state index contributed by atoms with van der Waals surface area (Å²) < 4.78 is 0. The highest BCUT2D eigenvalue weighted by Crippen LogP contribution is 2.15. The number of rotatable bonds is 5. The van der Waals surface area contributed by atoms with Crippen LogP contribution >= 0.6 is 0 Å². The summed E-state index contributed by atoms with van der Waals surface area (Å²) in [5.74, 6) is -2.09. The van der Waals surface area contributed by atoms with Crippen LogP contribution in [0.15, 0.2) is 24.3 Å². The number of nitrogens with one attached hydrogen (secondary N) is 1. The molecular weight excluding hydrogens is 222 g/mol. The van der Waals surface area contributed by atoms with E-state index in [1.807, 2.05) is 0 Å². The highest BCUT2D eigenvalue weighted by atomic mass is 16.4. The molecule has 1 atom stereocenters. The van der Waals surface area contributed by atoms with Crippen molar-refractivity contribution in [3.8, 4) is 0 Å². The summed E-state index contributed by atoms with van der Waals surface area (Å²) in [6.45, 7) is 3.57. The Bertz CT molecular complexity index is 428. The second kappa shape index (κ2) is 5.34. The van der Waals surface area contributed by atoms with Crippen LogP contribution in [0.5, 0.6) is 0 Å². The average Bonchev–Trinajstić information content (AvgIpc) is 2.25. The number of carboxylic acids is 2. The zero-order chi connectivity index (χ0) is 13.0. The van der Waals surface area contributed by atoms with Gasteiger partial charge in [-0.1, -0.05) is 19.9 Å². The van der Waals surface area contributed by atoms with Crippen molar-refractivity contribution in [3.63, 3.8) is 0 Å². The molecule has 0 radical (unpaired) electrons. The second-order valence-corrected chi connectivity index (χ2v) is 4.09. The Morgan fingerprint density at radius 3 is 2.35 bits per heavy atom. The molecule has 0 aromatic heterocycles. The van der Waals surface area contributed by atoms with Crippen LogP contribution in [-0.4, -0.2) is 28.2 Å². The van der Waals surface area contributed by atoms with Gasteiger partial charge >= 0.3 is 11.9 Å². The van der Waals surface area contributed by atoms with E-state index < -0.39 is 18.0 Å². The minimum absolute atomic E-state index is 0.0963. The van der Waals surface area contributed by atoms with Crippen molar-refractivity contribution in [2.24, 2.45) is 5.92 Å². The van der Waals surface area contributed by atoms with E-state index in [1.54, 1.807) is 26.0 Å². The highest BCUT2D eigenvalue weighted by molar-refractivity contribution is 5.89. The van der Waals surface area contributed by atoms with Gasteiger partial charge in [-0.15, -0.1) is 0 Å². The number of benzene rings is 1. The summed E-state index contributed by atoms with van der Waals surface area (Å²) in [6.07, 6.45) is 0. The maximum atomic E-state index is 11.0. The van der Waals surface area contributed by atoms with Crippen molar-refractivity contribution < 1.29 is 19.8 Å². The Morgan fingerprint density at radius 2 is 1.88 bits per heavy atom. The van der Waals surface area contributed by atoms with E-state index in [0.29, 0.717) is 5.69 Å². The molecule has 5 nitrogen and oxygen atoms in total. The third kappa shape index (κ3) is 3.48. The largest absolute Gasteiger partial charge is 0.480 e. The van der Waals surface area contributed by atoms with Crippen molar-refractivity contribution in [2.75, 3.05) is 5.32 Å². The predicted octanol–water partition coefficient (Wildman–Crippen LogP) is 1.91. The van der Waals surface area contributed by atoms with E-state index in [1.165, 1.54) is 12.1 Å². The number of aliphatic carboxylic acids is 1. The normalized spacial score (nSPS) is 12.2. The lowest BCUT2D eigenvalue weighted by Crippen LogP contribution is -2.34. The summed E-state index contributed by atoms with van der Waals surface area (Å²) >= 11 is 0. The van der Waals surface area contributed by atoms with E-state index in [9.17, 15) is 9.59 Å². The van der Waals surface area contributed by atoms with Crippen LogP contribution in [0.4, 0.5) is 5.69 Å². The van der Waals surface area contributed by atoms with Crippen LogP contribution < -0.4 is 5.32 Å². The van der Waals surface area contributed by atoms with E-state index in [2.05, 4.69) is 5.32 Å². The monoisotopic (exact) mass is 237 g/mol. The molecular formula is C12H15NO4. The van der Waals surface area contributed by atoms with Gasteiger partial charge in [0.25, 0.3) is 0 Å². The van der Waals surface area contributed by atoms with Crippen LogP contribution in [0.1, 0.15) is 24.2 Å². The van der Waals surface area contributed by atoms with E-state index in [4.69, 9.17) is 10.2 Å². The number of carbonyl (C=O) groups is 2. The number of hydrogen-bond acceptors (Lipinski definition) is 3. The summed E-state index contributed by atoms with van der Waals surface area (Å²) in [6, 6.07) is 5.36. The van der Waals surface area contributed by atoms with Gasteiger partial charge in [0.2, 0.25) is 0 Å². The van der Waals surface area contributed by atoms with E-state index >= 15 is 0 Å². The van der Waals surface area contributed by atoms with Crippen LogP contribution in [0.25, 0.3) is 0 Å². The molecule has 0 fully saturated rings. The Balaban J connectivity index is 2.90. The topological polar surface area (TPSA) is 86.6 Å². The van der Waals surface area contributed by atoms with Gasteiger partial charge in [-0.05, 0) is 24.1 Å². The molecule has 0 aliphatic rings. The number of aromatic carboxylic acids is 1. The van der Waals surface area contributed by atoms with Crippen LogP contribution in [0.3, 0.4) is 0 Å². The van der Waals surface area contributed by atoms with Crippen LogP contribution in [0.2, 0.25) is 0 Å². The zero-order valence-electron chi connectivity index (χ0n) is 9.68. The molecule has 0 aliphatic heterocycles. The first-order valence-electron chi connectivity index (χ1n) is 5.24. The minimum atomic E-state index is -1.04. The van der Waals surface area contributed by atoms with Gasteiger partial charge in [0.05, 0.1) is 5.56 Å². The molecule has 1 rings (SSSR count). The Labute approximate surface area is 99.1 Å². The Hall–Kier alpha value is -2.04. The lowest BCUT2D eigenvalue weighted by molar-refractivity contribution is -0.138. The molecule has 92 valence electrons. The molecule has 3 N–H and O–H groups in total. The van der Waals surface area contributed by atoms with Crippen LogP contribution in [-0.2, 0) is 4.79 Å². The molecule has 0 bridgehead atoms. The molecule has 0 saturated carbocycles. The van der Waals surface area contributed by atoms with Gasteiger partial charge in [0.15, 0.2) is 0 Å². The van der Waals surface area contributed by atoms with Gasteiger partial charge < -0.3 is 15.5 Å². The van der Waals surface area contributed by atoms with Crippen molar-refractivity contribution in [3.05, 3.63) is 29.8 Å². The average molecular weight is 237 g/mol. The van der Waals surface area contributed by atoms with Gasteiger partial charge in [-0.3, -0.25) is 0 Å².